The van der Waals surface area contributed by atoms with Crippen molar-refractivity contribution in [2.45, 2.75) is 25.3 Å². The molecule has 1 aromatic rings. The average Bonchev–Trinajstić information content (AvgIpc) is 2.84. The van der Waals surface area contributed by atoms with Gasteiger partial charge >= 0.3 is 0 Å². The van der Waals surface area contributed by atoms with Crippen LogP contribution in [0, 0.1) is 5.92 Å². The molecule has 102 valence electrons. The van der Waals surface area contributed by atoms with Crippen LogP contribution in [-0.2, 0) is 16.4 Å². The van der Waals surface area contributed by atoms with Crippen molar-refractivity contribution < 1.29 is 13.6 Å². The zero-order valence-electron chi connectivity index (χ0n) is 10.2. The predicted octanol–water partition coefficient (Wildman–Crippen LogP) is -0.367. The third-order valence-corrected chi connectivity index (χ3v) is 3.76. The van der Waals surface area contributed by atoms with Crippen LogP contribution >= 0.6 is 0 Å². The van der Waals surface area contributed by atoms with E-state index in [4.69, 9.17) is 10.9 Å². The molecule has 5 N–H and O–H groups in total. The molecule has 0 radical (unpaired) electrons. The minimum atomic E-state index is -3.65. The van der Waals surface area contributed by atoms with Crippen molar-refractivity contribution in [3.05, 3.63) is 12.0 Å². The number of rotatable bonds is 6. The van der Waals surface area contributed by atoms with Crippen molar-refractivity contribution in [3.8, 4) is 0 Å². The first-order valence-electron chi connectivity index (χ1n) is 5.41. The first kappa shape index (κ1) is 14.5. The van der Waals surface area contributed by atoms with E-state index in [9.17, 15) is 8.42 Å². The number of aromatic nitrogens is 2. The highest BCUT2D eigenvalue weighted by Crippen LogP contribution is 2.06. The van der Waals surface area contributed by atoms with Gasteiger partial charge in [0.1, 0.15) is 11.7 Å². The Morgan fingerprint density at radius 1 is 1.72 bits per heavy atom. The summed E-state index contributed by atoms with van der Waals surface area (Å²) in [4.78, 5) is 6.61. The van der Waals surface area contributed by atoms with Gasteiger partial charge in [0.2, 0.25) is 0 Å². The molecule has 0 aliphatic rings. The average molecular weight is 275 g/mol. The molecule has 0 aromatic carbocycles. The van der Waals surface area contributed by atoms with Gasteiger partial charge in [0.05, 0.1) is 6.20 Å². The predicted molar refractivity (Wildman–Crippen MR) is 65.7 cm³/mol. The van der Waals surface area contributed by atoms with Crippen molar-refractivity contribution >= 4 is 15.9 Å². The summed E-state index contributed by atoms with van der Waals surface area (Å²) in [6.45, 7) is 3.55. The summed E-state index contributed by atoms with van der Waals surface area (Å²) in [5.41, 5.74) is 5.36. The summed E-state index contributed by atoms with van der Waals surface area (Å²) in [6, 6.07) is 0. The molecule has 0 aliphatic heterocycles. The number of H-pyrrole nitrogens is 1. The van der Waals surface area contributed by atoms with Gasteiger partial charge in [-0.3, -0.25) is 0 Å². The number of aromatic amines is 1. The Morgan fingerprint density at radius 2 is 2.39 bits per heavy atom. The first-order chi connectivity index (χ1) is 8.40. The smallest absolute Gasteiger partial charge is 0.257 e. The fraction of sp³-hybridized carbons (Fsp3) is 0.556. The molecular formula is C9H17N5O3S. The zero-order chi connectivity index (χ0) is 13.8. The number of nitrogens with one attached hydrogen (secondary N) is 2. The summed E-state index contributed by atoms with van der Waals surface area (Å²) in [7, 11) is -3.65. The molecule has 1 unspecified atom stereocenters. The second-order valence-electron chi connectivity index (χ2n) is 3.83. The Hall–Kier alpha value is -1.61. The van der Waals surface area contributed by atoms with Gasteiger partial charge in [-0.05, 0) is 0 Å². The Balaban J connectivity index is 2.71. The van der Waals surface area contributed by atoms with E-state index in [2.05, 4.69) is 19.8 Å². The van der Waals surface area contributed by atoms with E-state index in [0.717, 1.165) is 0 Å². The van der Waals surface area contributed by atoms with Crippen LogP contribution in [-0.4, -0.2) is 36.0 Å². The number of nitrogens with zero attached hydrogens (tertiary/aromatic N) is 2. The maximum atomic E-state index is 11.9. The number of hydrogen-bond donors (Lipinski definition) is 4. The molecule has 1 aromatic heterocycles. The van der Waals surface area contributed by atoms with E-state index in [1.54, 1.807) is 6.92 Å². The largest absolute Gasteiger partial charge is 0.409 e. The third-order valence-electron chi connectivity index (χ3n) is 2.43. The Kier molecular flexibility index (Phi) is 4.68. The van der Waals surface area contributed by atoms with Crippen molar-refractivity contribution in [3.63, 3.8) is 0 Å². The van der Waals surface area contributed by atoms with Gasteiger partial charge in [-0.1, -0.05) is 19.0 Å². The normalized spacial score (nSPS) is 14.7. The standard InChI is InChI=1S/C9H17N5O3S/c1-3-7-11-5-8(13-7)18(16,17)12-4-6(2)9(10)14-15/h5-6,12,15H,3-4H2,1-2H3,(H2,10,14)(H,11,13). The van der Waals surface area contributed by atoms with Crippen LogP contribution < -0.4 is 10.5 Å². The Bertz CT molecular complexity index is 522. The van der Waals surface area contributed by atoms with Gasteiger partial charge in [-0.25, -0.2) is 18.1 Å². The molecule has 0 spiro atoms. The number of imidazole rings is 1. The molecule has 1 rings (SSSR count). The maximum absolute atomic E-state index is 11.9. The highest BCUT2D eigenvalue weighted by Gasteiger charge is 2.18. The fourth-order valence-electron chi connectivity index (χ4n) is 1.18. The zero-order valence-corrected chi connectivity index (χ0v) is 11.0. The van der Waals surface area contributed by atoms with E-state index in [1.807, 2.05) is 6.92 Å². The van der Waals surface area contributed by atoms with Gasteiger partial charge < -0.3 is 15.9 Å². The molecule has 9 heteroatoms. The first-order valence-corrected chi connectivity index (χ1v) is 6.90. The summed E-state index contributed by atoms with van der Waals surface area (Å²) in [6.07, 6.45) is 1.88. The number of nitrogens with two attached hydrogens (primary N) is 1. The molecule has 8 nitrogen and oxygen atoms in total. The summed E-state index contributed by atoms with van der Waals surface area (Å²) >= 11 is 0. The van der Waals surface area contributed by atoms with Gasteiger partial charge in [0, 0.05) is 18.9 Å². The van der Waals surface area contributed by atoms with Crippen LogP contribution in [0.5, 0.6) is 0 Å². The van der Waals surface area contributed by atoms with Gasteiger partial charge in [-0.2, -0.15) is 0 Å². The van der Waals surface area contributed by atoms with Crippen LogP contribution in [0.3, 0.4) is 0 Å². The lowest BCUT2D eigenvalue weighted by molar-refractivity contribution is 0.314. The number of amidine groups is 1. The SMILES string of the molecule is CCc1ncc(S(=O)(=O)NCC(C)C(N)=NO)[nH]1. The van der Waals surface area contributed by atoms with Gasteiger partial charge in [-0.15, -0.1) is 0 Å². The number of oxime groups is 1. The fourth-order valence-corrected chi connectivity index (χ4v) is 2.24. The van der Waals surface area contributed by atoms with Crippen molar-refractivity contribution in [2.24, 2.45) is 16.8 Å². The number of sulfonamides is 1. The van der Waals surface area contributed by atoms with E-state index >= 15 is 0 Å². The monoisotopic (exact) mass is 275 g/mol. The number of aryl methyl sites for hydroxylation is 1. The quantitative estimate of drug-likeness (QED) is 0.243. The maximum Gasteiger partial charge on any atom is 0.257 e. The topological polar surface area (TPSA) is 133 Å². The van der Waals surface area contributed by atoms with Crippen molar-refractivity contribution in [2.75, 3.05) is 6.54 Å². The summed E-state index contributed by atoms with van der Waals surface area (Å²) < 4.78 is 26.1. The molecule has 0 aliphatic carbocycles. The van der Waals surface area contributed by atoms with Crippen LogP contribution in [0.1, 0.15) is 19.7 Å². The summed E-state index contributed by atoms with van der Waals surface area (Å²) in [5.74, 6) is 0.162. The highest BCUT2D eigenvalue weighted by atomic mass is 32.2. The molecule has 0 bridgehead atoms. The highest BCUT2D eigenvalue weighted by molar-refractivity contribution is 7.89. The van der Waals surface area contributed by atoms with E-state index in [-0.39, 0.29) is 17.4 Å². The van der Waals surface area contributed by atoms with Crippen LogP contribution in [0.25, 0.3) is 0 Å². The number of hydrogen-bond acceptors (Lipinski definition) is 5. The second kappa shape index (κ2) is 5.83. The van der Waals surface area contributed by atoms with E-state index in [0.29, 0.717) is 12.2 Å². The molecular weight excluding hydrogens is 258 g/mol. The van der Waals surface area contributed by atoms with Crippen molar-refractivity contribution in [1.29, 1.82) is 0 Å². The lowest BCUT2D eigenvalue weighted by Crippen LogP contribution is -2.34. The minimum Gasteiger partial charge on any atom is -0.409 e. The van der Waals surface area contributed by atoms with Gasteiger partial charge in [0.15, 0.2) is 5.03 Å². The van der Waals surface area contributed by atoms with Gasteiger partial charge in [0.25, 0.3) is 10.0 Å². The van der Waals surface area contributed by atoms with E-state index in [1.165, 1.54) is 6.20 Å². The molecule has 1 heterocycles. The Morgan fingerprint density at radius 3 is 2.89 bits per heavy atom. The Labute approximate surface area is 105 Å². The van der Waals surface area contributed by atoms with Crippen molar-refractivity contribution in [1.82, 2.24) is 14.7 Å². The third kappa shape index (κ3) is 3.44. The minimum absolute atomic E-state index is 0.00561. The molecule has 0 saturated carbocycles. The molecule has 18 heavy (non-hydrogen) atoms. The van der Waals surface area contributed by atoms with Crippen LogP contribution in [0.2, 0.25) is 0 Å². The lowest BCUT2D eigenvalue weighted by Gasteiger charge is -2.10. The molecule has 0 saturated heterocycles. The van der Waals surface area contributed by atoms with Crippen LogP contribution in [0.15, 0.2) is 16.4 Å². The van der Waals surface area contributed by atoms with Crippen LogP contribution in [0.4, 0.5) is 0 Å². The molecule has 0 fully saturated rings. The molecule has 1 atom stereocenters. The lowest BCUT2D eigenvalue weighted by atomic mass is 10.2. The molecule has 0 amide bonds. The summed E-state index contributed by atoms with van der Waals surface area (Å²) in [5, 5.41) is 11.3. The second-order valence-corrected chi connectivity index (χ2v) is 5.56. The van der Waals surface area contributed by atoms with E-state index < -0.39 is 15.9 Å².